The third kappa shape index (κ3) is 3.47. The first-order chi connectivity index (χ1) is 8.15. The van der Waals surface area contributed by atoms with Crippen molar-refractivity contribution in [3.63, 3.8) is 0 Å². The lowest BCUT2D eigenvalue weighted by molar-refractivity contribution is 0.722. The van der Waals surface area contributed by atoms with Gasteiger partial charge in [-0.05, 0) is 41.8 Å². The molecule has 0 bridgehead atoms. The van der Waals surface area contributed by atoms with Crippen LogP contribution in [0.1, 0.15) is 17.2 Å². The summed E-state index contributed by atoms with van der Waals surface area (Å²) in [7, 11) is 0. The van der Waals surface area contributed by atoms with Crippen LogP contribution in [0.2, 0.25) is 10.0 Å². The zero-order valence-corrected chi connectivity index (χ0v) is 10.7. The molecule has 0 saturated carbocycles. The number of benzene rings is 2. The smallest absolute Gasteiger partial charge is 0.0409 e. The van der Waals surface area contributed by atoms with Crippen LogP contribution in [0.25, 0.3) is 0 Å². The summed E-state index contributed by atoms with van der Waals surface area (Å²) in [5.74, 6) is 0. The van der Waals surface area contributed by atoms with E-state index in [1.807, 2.05) is 48.5 Å². The van der Waals surface area contributed by atoms with Crippen molar-refractivity contribution >= 4 is 23.2 Å². The lowest BCUT2D eigenvalue weighted by Crippen LogP contribution is -2.13. The van der Waals surface area contributed by atoms with Gasteiger partial charge in [0.1, 0.15) is 0 Å². The highest BCUT2D eigenvalue weighted by atomic mass is 35.5. The van der Waals surface area contributed by atoms with Gasteiger partial charge in [0, 0.05) is 16.1 Å². The summed E-state index contributed by atoms with van der Waals surface area (Å²) in [5.41, 5.74) is 8.36. The van der Waals surface area contributed by atoms with E-state index in [9.17, 15) is 0 Å². The van der Waals surface area contributed by atoms with Gasteiger partial charge >= 0.3 is 0 Å². The molecule has 88 valence electrons. The molecule has 3 heteroatoms. The molecule has 1 nitrogen and oxygen atoms in total. The second-order valence-electron chi connectivity index (χ2n) is 3.99. The third-order valence-corrected chi connectivity index (χ3v) is 3.13. The Bertz CT molecular complexity index is 494. The van der Waals surface area contributed by atoms with Gasteiger partial charge < -0.3 is 5.73 Å². The molecule has 2 rings (SSSR count). The molecule has 1 atom stereocenters. The van der Waals surface area contributed by atoms with Crippen LogP contribution in [-0.4, -0.2) is 0 Å². The van der Waals surface area contributed by atoms with Crippen LogP contribution >= 0.6 is 23.2 Å². The van der Waals surface area contributed by atoms with Crippen molar-refractivity contribution in [2.45, 2.75) is 12.5 Å². The molecule has 1 unspecified atom stereocenters. The lowest BCUT2D eigenvalue weighted by Gasteiger charge is -2.12. The summed E-state index contributed by atoms with van der Waals surface area (Å²) in [5, 5.41) is 1.46. The Labute approximate surface area is 111 Å². The average molecular weight is 266 g/mol. The van der Waals surface area contributed by atoms with Crippen molar-refractivity contribution in [1.29, 1.82) is 0 Å². The molecule has 0 radical (unpaired) electrons. The van der Waals surface area contributed by atoms with E-state index in [1.54, 1.807) is 0 Å². The van der Waals surface area contributed by atoms with Crippen LogP contribution in [0.4, 0.5) is 0 Å². The molecule has 0 aliphatic rings. The minimum atomic E-state index is -0.0464. The van der Waals surface area contributed by atoms with E-state index in [4.69, 9.17) is 28.9 Å². The highest BCUT2D eigenvalue weighted by Gasteiger charge is 2.07. The molecule has 0 amide bonds. The molecule has 2 aromatic rings. The minimum Gasteiger partial charge on any atom is -0.324 e. The maximum Gasteiger partial charge on any atom is 0.0409 e. The van der Waals surface area contributed by atoms with Gasteiger partial charge in [-0.1, -0.05) is 47.5 Å². The van der Waals surface area contributed by atoms with E-state index in [0.717, 1.165) is 17.0 Å². The predicted octanol–water partition coefficient (Wildman–Crippen LogP) is 4.24. The minimum absolute atomic E-state index is 0.0464. The van der Waals surface area contributed by atoms with Gasteiger partial charge in [-0.2, -0.15) is 0 Å². The molecule has 2 aromatic carbocycles. The highest BCUT2D eigenvalue weighted by Crippen LogP contribution is 2.20. The van der Waals surface area contributed by atoms with Gasteiger partial charge in [-0.15, -0.1) is 0 Å². The summed E-state index contributed by atoms with van der Waals surface area (Å²) >= 11 is 11.8. The van der Waals surface area contributed by atoms with Gasteiger partial charge in [-0.3, -0.25) is 0 Å². The molecule has 0 heterocycles. The SMILES string of the molecule is NC(Cc1ccc(Cl)cc1)c1cccc(Cl)c1. The number of hydrogen-bond acceptors (Lipinski definition) is 1. The van der Waals surface area contributed by atoms with Crippen LogP contribution < -0.4 is 5.73 Å². The summed E-state index contributed by atoms with van der Waals surface area (Å²) in [6.07, 6.45) is 0.775. The average Bonchev–Trinajstić information content (AvgIpc) is 2.32. The Morgan fingerprint density at radius 1 is 0.941 bits per heavy atom. The molecule has 0 aromatic heterocycles. The van der Waals surface area contributed by atoms with E-state index < -0.39 is 0 Å². The van der Waals surface area contributed by atoms with Crippen molar-refractivity contribution in [3.8, 4) is 0 Å². The van der Waals surface area contributed by atoms with Crippen LogP contribution in [0.15, 0.2) is 48.5 Å². The first-order valence-corrected chi connectivity index (χ1v) is 6.16. The topological polar surface area (TPSA) is 26.0 Å². The Kier molecular flexibility index (Phi) is 4.06. The Morgan fingerprint density at radius 3 is 2.29 bits per heavy atom. The molecule has 0 fully saturated rings. The number of hydrogen-bond donors (Lipinski definition) is 1. The first kappa shape index (κ1) is 12.4. The maximum absolute atomic E-state index is 6.14. The molecule has 0 aliphatic heterocycles. The van der Waals surface area contributed by atoms with Gasteiger partial charge in [0.15, 0.2) is 0 Å². The van der Waals surface area contributed by atoms with Crippen LogP contribution in [0.3, 0.4) is 0 Å². The van der Waals surface area contributed by atoms with E-state index in [0.29, 0.717) is 5.02 Å². The molecular formula is C14H13Cl2N. The molecular weight excluding hydrogens is 253 g/mol. The van der Waals surface area contributed by atoms with E-state index in [-0.39, 0.29) is 6.04 Å². The fraction of sp³-hybridized carbons (Fsp3) is 0.143. The van der Waals surface area contributed by atoms with Gasteiger partial charge in [0.05, 0.1) is 0 Å². The van der Waals surface area contributed by atoms with Crippen molar-refractivity contribution in [1.82, 2.24) is 0 Å². The number of nitrogens with two attached hydrogens (primary N) is 1. The molecule has 0 aliphatic carbocycles. The van der Waals surface area contributed by atoms with Crippen LogP contribution in [0, 0.1) is 0 Å². The number of halogens is 2. The van der Waals surface area contributed by atoms with Gasteiger partial charge in [0.2, 0.25) is 0 Å². The first-order valence-electron chi connectivity index (χ1n) is 5.40. The summed E-state index contributed by atoms with van der Waals surface area (Å²) in [6.45, 7) is 0. The van der Waals surface area contributed by atoms with E-state index >= 15 is 0 Å². The zero-order valence-electron chi connectivity index (χ0n) is 9.24. The fourth-order valence-corrected chi connectivity index (χ4v) is 2.05. The Balaban J connectivity index is 2.11. The summed E-state index contributed by atoms with van der Waals surface area (Å²) < 4.78 is 0. The molecule has 0 saturated heterocycles. The normalized spacial score (nSPS) is 12.4. The largest absolute Gasteiger partial charge is 0.324 e. The van der Waals surface area contributed by atoms with Crippen molar-refractivity contribution in [3.05, 3.63) is 69.7 Å². The van der Waals surface area contributed by atoms with E-state index in [1.165, 1.54) is 5.56 Å². The monoisotopic (exact) mass is 265 g/mol. The fourth-order valence-electron chi connectivity index (χ4n) is 1.73. The molecule has 2 N–H and O–H groups in total. The zero-order chi connectivity index (χ0) is 12.3. The number of rotatable bonds is 3. The Morgan fingerprint density at radius 2 is 1.65 bits per heavy atom. The van der Waals surface area contributed by atoms with Crippen molar-refractivity contribution in [2.75, 3.05) is 0 Å². The van der Waals surface area contributed by atoms with Crippen LogP contribution in [0.5, 0.6) is 0 Å². The van der Waals surface area contributed by atoms with Gasteiger partial charge in [-0.25, -0.2) is 0 Å². The summed E-state index contributed by atoms with van der Waals surface area (Å²) in [6, 6.07) is 15.4. The second kappa shape index (κ2) is 5.54. The third-order valence-electron chi connectivity index (χ3n) is 2.65. The Hall–Kier alpha value is -1.02. The van der Waals surface area contributed by atoms with Crippen LogP contribution in [-0.2, 0) is 6.42 Å². The van der Waals surface area contributed by atoms with E-state index in [2.05, 4.69) is 0 Å². The molecule has 17 heavy (non-hydrogen) atoms. The quantitative estimate of drug-likeness (QED) is 0.883. The molecule has 0 spiro atoms. The standard InChI is InChI=1S/C14H13Cl2N/c15-12-6-4-10(5-7-12)8-14(17)11-2-1-3-13(16)9-11/h1-7,9,14H,8,17H2. The predicted molar refractivity (Wildman–Crippen MR) is 73.5 cm³/mol. The second-order valence-corrected chi connectivity index (χ2v) is 4.86. The van der Waals surface area contributed by atoms with Gasteiger partial charge in [0.25, 0.3) is 0 Å². The van der Waals surface area contributed by atoms with Crippen molar-refractivity contribution < 1.29 is 0 Å². The van der Waals surface area contributed by atoms with Crippen molar-refractivity contribution in [2.24, 2.45) is 5.73 Å². The summed E-state index contributed by atoms with van der Waals surface area (Å²) in [4.78, 5) is 0. The highest BCUT2D eigenvalue weighted by molar-refractivity contribution is 6.30. The lowest BCUT2D eigenvalue weighted by atomic mass is 10.00. The maximum atomic E-state index is 6.14.